The molecule has 0 radical (unpaired) electrons. The van der Waals surface area contributed by atoms with E-state index < -0.39 is 0 Å². The molecule has 3 rings (SSSR count). The van der Waals surface area contributed by atoms with Gasteiger partial charge in [0.05, 0.1) is 5.52 Å². The van der Waals surface area contributed by atoms with E-state index in [4.69, 9.17) is 12.2 Å². The van der Waals surface area contributed by atoms with Crippen LogP contribution in [0.15, 0.2) is 66.9 Å². The molecule has 0 aliphatic rings. The molecule has 0 atom stereocenters. The lowest BCUT2D eigenvalue weighted by Crippen LogP contribution is -2.08. The molecular formula is C19H19NOS2. The van der Waals surface area contributed by atoms with E-state index in [1.807, 2.05) is 85.3 Å². The van der Waals surface area contributed by atoms with Crippen molar-refractivity contribution >= 4 is 44.3 Å². The molecule has 3 aromatic rings. The fourth-order valence-corrected chi connectivity index (χ4v) is 3.32. The summed E-state index contributed by atoms with van der Waals surface area (Å²) in [7, 11) is 0. The molecule has 0 saturated heterocycles. The predicted molar refractivity (Wildman–Crippen MR) is 104 cm³/mol. The maximum atomic E-state index is 12.1. The number of rotatable bonds is 2. The second-order valence-electron chi connectivity index (χ2n) is 4.65. The number of para-hydroxylation sites is 1. The molecule has 0 spiro atoms. The van der Waals surface area contributed by atoms with Crippen LogP contribution in [0.25, 0.3) is 10.9 Å². The van der Waals surface area contributed by atoms with Crippen LogP contribution in [0.4, 0.5) is 0 Å². The summed E-state index contributed by atoms with van der Waals surface area (Å²) < 4.78 is 2.45. The Balaban J connectivity index is 0.000000924. The molecule has 4 heteroatoms. The summed E-state index contributed by atoms with van der Waals surface area (Å²) >= 11 is 6.52. The molecule has 1 aromatic heterocycles. The molecule has 0 unspecified atom stereocenters. The molecule has 1 heterocycles. The average molecular weight is 342 g/mol. The van der Waals surface area contributed by atoms with Gasteiger partial charge in [0.15, 0.2) is 9.44 Å². The molecule has 0 aliphatic heterocycles. The van der Waals surface area contributed by atoms with Crippen molar-refractivity contribution in [2.75, 3.05) is 0 Å². The van der Waals surface area contributed by atoms with E-state index in [-0.39, 0.29) is 5.12 Å². The summed E-state index contributed by atoms with van der Waals surface area (Å²) in [6.45, 7) is 4.00. The highest BCUT2D eigenvalue weighted by Gasteiger charge is 2.11. The van der Waals surface area contributed by atoms with Crippen LogP contribution < -0.4 is 0 Å². The highest BCUT2D eigenvalue weighted by Crippen LogP contribution is 2.20. The molecule has 118 valence electrons. The molecule has 0 amide bonds. The van der Waals surface area contributed by atoms with Crippen molar-refractivity contribution < 1.29 is 4.79 Å². The van der Waals surface area contributed by atoms with Gasteiger partial charge in [-0.3, -0.25) is 4.79 Å². The smallest absolute Gasteiger partial charge is 0.200 e. The molecule has 23 heavy (non-hydrogen) atoms. The van der Waals surface area contributed by atoms with Crippen LogP contribution in [-0.2, 0) is 11.2 Å². The summed E-state index contributed by atoms with van der Waals surface area (Å²) in [5.74, 6) is 0. The van der Waals surface area contributed by atoms with Crippen molar-refractivity contribution in [3.63, 3.8) is 0 Å². The Bertz CT molecular complexity index is 793. The minimum absolute atomic E-state index is 0.0592. The standard InChI is InChI=1S/C17H13NOS2.C2H6/c19-16(12-13-6-2-1-3-7-13)21-17(20)18-11-10-14-8-4-5-9-15(14)18;1-2/h1-11H,12H2;1-2H3. The first-order chi connectivity index (χ1) is 11.2. The number of thiocarbonyl (C=S) groups is 1. The summed E-state index contributed by atoms with van der Waals surface area (Å²) in [5, 5.41) is 1.18. The molecule has 2 aromatic carbocycles. The van der Waals surface area contributed by atoms with Gasteiger partial charge in [0, 0.05) is 12.6 Å². The predicted octanol–water partition coefficient (Wildman–Crippen LogP) is 5.30. The van der Waals surface area contributed by atoms with E-state index in [1.54, 1.807) is 0 Å². The first-order valence-electron chi connectivity index (χ1n) is 7.59. The first-order valence-corrected chi connectivity index (χ1v) is 8.81. The number of aromatic nitrogens is 1. The van der Waals surface area contributed by atoms with E-state index >= 15 is 0 Å². The summed E-state index contributed by atoms with van der Waals surface area (Å²) in [5.41, 5.74) is 2.04. The van der Waals surface area contributed by atoms with Gasteiger partial charge in [-0.1, -0.05) is 74.6 Å². The van der Waals surface area contributed by atoms with Crippen LogP contribution in [0.5, 0.6) is 0 Å². The Labute approximate surface area is 146 Å². The second-order valence-corrected chi connectivity index (χ2v) is 6.34. The van der Waals surface area contributed by atoms with Crippen LogP contribution in [-0.4, -0.2) is 14.0 Å². The topological polar surface area (TPSA) is 22.0 Å². The van der Waals surface area contributed by atoms with Gasteiger partial charge in [-0.05, 0) is 34.8 Å². The maximum absolute atomic E-state index is 12.1. The van der Waals surface area contributed by atoms with E-state index in [0.29, 0.717) is 10.7 Å². The zero-order chi connectivity index (χ0) is 16.7. The molecule has 0 aliphatic carbocycles. The van der Waals surface area contributed by atoms with Gasteiger partial charge in [-0.2, -0.15) is 0 Å². The molecular weight excluding hydrogens is 322 g/mol. The maximum Gasteiger partial charge on any atom is 0.200 e. The fourth-order valence-electron chi connectivity index (χ4n) is 2.19. The summed E-state index contributed by atoms with van der Waals surface area (Å²) in [6, 6.07) is 19.7. The quantitative estimate of drug-likeness (QED) is 0.590. The van der Waals surface area contributed by atoms with Crippen molar-refractivity contribution in [1.29, 1.82) is 0 Å². The largest absolute Gasteiger partial charge is 0.302 e. The third kappa shape index (κ3) is 4.53. The van der Waals surface area contributed by atoms with Gasteiger partial charge >= 0.3 is 0 Å². The third-order valence-electron chi connectivity index (χ3n) is 3.19. The van der Waals surface area contributed by atoms with Crippen molar-refractivity contribution in [2.45, 2.75) is 20.3 Å². The average Bonchev–Trinajstić information content (AvgIpc) is 3.01. The highest BCUT2D eigenvalue weighted by atomic mass is 32.2. The van der Waals surface area contributed by atoms with Crippen LogP contribution in [0, 0.1) is 0 Å². The lowest BCUT2D eigenvalue weighted by molar-refractivity contribution is -0.110. The van der Waals surface area contributed by atoms with E-state index in [9.17, 15) is 4.79 Å². The molecule has 0 bridgehead atoms. The van der Waals surface area contributed by atoms with Crippen LogP contribution in [0.2, 0.25) is 0 Å². The number of thioether (sulfide) groups is 1. The molecule has 0 saturated carbocycles. The van der Waals surface area contributed by atoms with E-state index in [1.165, 1.54) is 0 Å². The van der Waals surface area contributed by atoms with Crippen LogP contribution >= 0.6 is 24.0 Å². The number of fused-ring (bicyclic) bond motifs is 1. The molecule has 0 N–H and O–H groups in total. The van der Waals surface area contributed by atoms with Crippen LogP contribution in [0.1, 0.15) is 19.4 Å². The fraction of sp³-hybridized carbons (Fsp3) is 0.158. The Morgan fingerprint density at radius 2 is 1.65 bits per heavy atom. The second kappa shape index (κ2) is 8.65. The Hall–Kier alpha value is -1.91. The van der Waals surface area contributed by atoms with E-state index in [0.717, 1.165) is 28.2 Å². The zero-order valence-corrected chi connectivity index (χ0v) is 14.9. The highest BCUT2D eigenvalue weighted by molar-refractivity contribution is 8.32. The van der Waals surface area contributed by atoms with Crippen LogP contribution in [0.3, 0.4) is 0 Å². The van der Waals surface area contributed by atoms with Gasteiger partial charge in [0.25, 0.3) is 0 Å². The van der Waals surface area contributed by atoms with E-state index in [2.05, 4.69) is 0 Å². The minimum atomic E-state index is 0.0592. The normalized spacial score (nSPS) is 10.0. The Morgan fingerprint density at radius 3 is 2.39 bits per heavy atom. The van der Waals surface area contributed by atoms with Crippen molar-refractivity contribution in [2.24, 2.45) is 0 Å². The molecule has 2 nitrogen and oxygen atoms in total. The van der Waals surface area contributed by atoms with Gasteiger partial charge in [-0.15, -0.1) is 0 Å². The lowest BCUT2D eigenvalue weighted by Gasteiger charge is -2.06. The van der Waals surface area contributed by atoms with Gasteiger partial charge in [0.1, 0.15) is 0 Å². The van der Waals surface area contributed by atoms with Gasteiger partial charge < -0.3 is 4.57 Å². The number of hydrogen-bond acceptors (Lipinski definition) is 3. The van der Waals surface area contributed by atoms with Gasteiger partial charge in [0.2, 0.25) is 0 Å². The minimum Gasteiger partial charge on any atom is -0.302 e. The number of carbonyl (C=O) groups excluding carboxylic acids is 1. The number of hydrogen-bond donors (Lipinski definition) is 0. The van der Waals surface area contributed by atoms with Crippen molar-refractivity contribution in [3.05, 3.63) is 72.4 Å². The summed E-state index contributed by atoms with van der Waals surface area (Å²) in [4.78, 5) is 12.1. The number of carbonyl (C=O) groups is 1. The monoisotopic (exact) mass is 341 g/mol. The third-order valence-corrected chi connectivity index (χ3v) is 4.38. The van der Waals surface area contributed by atoms with Gasteiger partial charge in [-0.25, -0.2) is 0 Å². The first kappa shape index (κ1) is 17.4. The zero-order valence-electron chi connectivity index (χ0n) is 13.2. The Kier molecular flexibility index (Phi) is 6.56. The SMILES string of the molecule is CC.O=C(Cc1ccccc1)SC(=S)n1ccc2ccccc21. The number of benzene rings is 2. The Morgan fingerprint density at radius 1 is 1.00 bits per heavy atom. The van der Waals surface area contributed by atoms with Crippen molar-refractivity contribution in [3.8, 4) is 0 Å². The van der Waals surface area contributed by atoms with Crippen molar-refractivity contribution in [1.82, 2.24) is 4.57 Å². The summed E-state index contributed by atoms with van der Waals surface area (Å²) in [6.07, 6.45) is 2.31. The lowest BCUT2D eigenvalue weighted by atomic mass is 10.2. The number of nitrogens with zero attached hydrogens (tertiary/aromatic N) is 1. The molecule has 0 fully saturated rings.